The summed E-state index contributed by atoms with van der Waals surface area (Å²) in [6.07, 6.45) is 5.88. The van der Waals surface area contributed by atoms with Gasteiger partial charge in [0.2, 0.25) is 5.91 Å². The summed E-state index contributed by atoms with van der Waals surface area (Å²) in [7, 11) is 0. The van der Waals surface area contributed by atoms with Crippen molar-refractivity contribution in [2.75, 3.05) is 32.8 Å². The largest absolute Gasteiger partial charge is 0.494 e. The lowest BCUT2D eigenvalue weighted by atomic mass is 9.56. The number of piperidine rings is 1. The first kappa shape index (κ1) is 22.1. The molecule has 2 saturated heterocycles. The summed E-state index contributed by atoms with van der Waals surface area (Å²) in [4.78, 5) is 14.5. The van der Waals surface area contributed by atoms with Gasteiger partial charge in [-0.3, -0.25) is 4.79 Å². The Morgan fingerprint density at radius 3 is 2.88 bits per heavy atom. The third-order valence-electron chi connectivity index (χ3n) is 8.69. The Morgan fingerprint density at radius 1 is 1.28 bits per heavy atom. The van der Waals surface area contributed by atoms with Crippen LogP contribution in [0.1, 0.15) is 62.5 Å². The van der Waals surface area contributed by atoms with Gasteiger partial charge in [-0.25, -0.2) is 4.39 Å². The summed E-state index contributed by atoms with van der Waals surface area (Å²) >= 11 is 0. The van der Waals surface area contributed by atoms with Gasteiger partial charge < -0.3 is 20.1 Å². The molecule has 176 valence electrons. The fourth-order valence-corrected chi connectivity index (χ4v) is 7.00. The maximum Gasteiger partial charge on any atom is 0.223 e. The van der Waals surface area contributed by atoms with Gasteiger partial charge in [0.15, 0.2) is 0 Å². The highest BCUT2D eigenvalue weighted by Crippen LogP contribution is 2.57. The highest BCUT2D eigenvalue weighted by atomic mass is 19.1. The SMILES string of the molecule is C[C@]12CC[C@@H]3c4ccc(OCCCN5CCC(F)CC5)cc4CC[C@H]3[C@@H]1C(C(N)=O)CO2. The second-order valence-corrected chi connectivity index (χ2v) is 10.6. The summed E-state index contributed by atoms with van der Waals surface area (Å²) in [6, 6.07) is 6.59. The molecule has 1 aromatic carbocycles. The number of nitrogens with zero attached hydrogens (tertiary/aromatic N) is 1. The van der Waals surface area contributed by atoms with Gasteiger partial charge in [0.05, 0.1) is 24.7 Å². The average Bonchev–Trinajstić information content (AvgIpc) is 3.15. The Kier molecular flexibility index (Phi) is 6.19. The Hall–Kier alpha value is -1.66. The van der Waals surface area contributed by atoms with Gasteiger partial charge in [-0.05, 0) is 87.0 Å². The van der Waals surface area contributed by atoms with E-state index in [1.165, 1.54) is 11.1 Å². The molecule has 5 rings (SSSR count). The Balaban J connectivity index is 1.20. The highest BCUT2D eigenvalue weighted by Gasteiger charge is 2.57. The fraction of sp³-hybridized carbons (Fsp3) is 0.731. The zero-order valence-corrected chi connectivity index (χ0v) is 19.2. The maximum absolute atomic E-state index is 13.3. The number of primary amides is 1. The molecule has 5 nitrogen and oxygen atoms in total. The van der Waals surface area contributed by atoms with Crippen molar-refractivity contribution in [2.24, 2.45) is 23.5 Å². The topological polar surface area (TPSA) is 64.8 Å². The maximum atomic E-state index is 13.3. The van der Waals surface area contributed by atoms with Crippen molar-refractivity contribution < 1.29 is 18.7 Å². The lowest BCUT2D eigenvalue weighted by Gasteiger charge is -2.49. The first-order chi connectivity index (χ1) is 15.4. The summed E-state index contributed by atoms with van der Waals surface area (Å²) in [5.41, 5.74) is 8.37. The lowest BCUT2D eigenvalue weighted by Crippen LogP contribution is -2.48. The van der Waals surface area contributed by atoms with E-state index in [0.29, 0.717) is 37.9 Å². The molecule has 0 aromatic heterocycles. The van der Waals surface area contributed by atoms with Gasteiger partial charge in [-0.2, -0.15) is 0 Å². The van der Waals surface area contributed by atoms with Crippen LogP contribution in [0.4, 0.5) is 4.39 Å². The molecule has 2 aliphatic heterocycles. The summed E-state index contributed by atoms with van der Waals surface area (Å²) in [5, 5.41) is 0. The molecule has 1 saturated carbocycles. The van der Waals surface area contributed by atoms with E-state index in [2.05, 4.69) is 30.0 Å². The van der Waals surface area contributed by atoms with Gasteiger partial charge in [0.1, 0.15) is 11.9 Å². The number of nitrogens with two attached hydrogens (primary N) is 1. The van der Waals surface area contributed by atoms with E-state index in [0.717, 1.165) is 57.5 Å². The zero-order chi connectivity index (χ0) is 22.3. The second-order valence-electron chi connectivity index (χ2n) is 10.6. The minimum atomic E-state index is -0.613. The van der Waals surface area contributed by atoms with Crippen LogP contribution in [0.25, 0.3) is 0 Å². The van der Waals surface area contributed by atoms with Gasteiger partial charge in [-0.1, -0.05) is 6.07 Å². The van der Waals surface area contributed by atoms with Crippen LogP contribution in [-0.2, 0) is 16.0 Å². The molecule has 1 amide bonds. The van der Waals surface area contributed by atoms with E-state index in [1.54, 1.807) is 0 Å². The zero-order valence-electron chi connectivity index (χ0n) is 19.2. The number of rotatable bonds is 6. The Bertz CT molecular complexity index is 840. The minimum absolute atomic E-state index is 0.160. The molecule has 2 heterocycles. The molecular weight excluding hydrogens is 407 g/mol. The number of fused-ring (bicyclic) bond motifs is 5. The van der Waals surface area contributed by atoms with Crippen molar-refractivity contribution in [1.29, 1.82) is 0 Å². The first-order valence-electron chi connectivity index (χ1n) is 12.5. The number of benzene rings is 1. The summed E-state index contributed by atoms with van der Waals surface area (Å²) in [6.45, 7) is 6.06. The van der Waals surface area contributed by atoms with Crippen molar-refractivity contribution in [3.05, 3.63) is 29.3 Å². The molecule has 2 N–H and O–H groups in total. The number of aryl methyl sites for hydroxylation is 1. The fourth-order valence-electron chi connectivity index (χ4n) is 7.00. The number of halogens is 1. The van der Waals surface area contributed by atoms with Crippen molar-refractivity contribution in [3.8, 4) is 5.75 Å². The molecule has 1 aromatic rings. The number of ether oxygens (including phenoxy) is 2. The molecular formula is C26H37FN2O3. The number of likely N-dealkylation sites (tertiary alicyclic amines) is 1. The van der Waals surface area contributed by atoms with Crippen LogP contribution in [0.15, 0.2) is 18.2 Å². The number of carbonyl (C=O) groups excluding carboxylic acids is 1. The molecule has 6 heteroatoms. The Morgan fingerprint density at radius 2 is 2.09 bits per heavy atom. The minimum Gasteiger partial charge on any atom is -0.494 e. The van der Waals surface area contributed by atoms with Crippen molar-refractivity contribution in [2.45, 2.75) is 69.6 Å². The van der Waals surface area contributed by atoms with E-state index < -0.39 is 6.17 Å². The first-order valence-corrected chi connectivity index (χ1v) is 12.5. The van der Waals surface area contributed by atoms with Crippen LogP contribution in [-0.4, -0.2) is 55.4 Å². The van der Waals surface area contributed by atoms with Crippen LogP contribution in [0, 0.1) is 17.8 Å². The van der Waals surface area contributed by atoms with Gasteiger partial charge in [0, 0.05) is 25.6 Å². The number of carbonyl (C=O) groups is 1. The van der Waals surface area contributed by atoms with Gasteiger partial charge >= 0.3 is 0 Å². The second kappa shape index (κ2) is 8.94. The van der Waals surface area contributed by atoms with Crippen molar-refractivity contribution in [1.82, 2.24) is 4.90 Å². The molecule has 2 aliphatic carbocycles. The average molecular weight is 445 g/mol. The molecule has 32 heavy (non-hydrogen) atoms. The predicted octanol–water partition coefficient (Wildman–Crippen LogP) is 3.84. The van der Waals surface area contributed by atoms with Crippen LogP contribution < -0.4 is 10.5 Å². The number of amides is 1. The van der Waals surface area contributed by atoms with Crippen molar-refractivity contribution in [3.63, 3.8) is 0 Å². The predicted molar refractivity (Wildman–Crippen MR) is 121 cm³/mol. The smallest absolute Gasteiger partial charge is 0.223 e. The van der Waals surface area contributed by atoms with Crippen LogP contribution in [0.3, 0.4) is 0 Å². The third-order valence-corrected chi connectivity index (χ3v) is 8.69. The molecule has 1 unspecified atom stereocenters. The molecule has 4 aliphatic rings. The molecule has 5 atom stereocenters. The highest BCUT2D eigenvalue weighted by molar-refractivity contribution is 5.77. The van der Waals surface area contributed by atoms with Crippen LogP contribution in [0.5, 0.6) is 5.75 Å². The molecule has 0 bridgehead atoms. The molecule has 0 spiro atoms. The van der Waals surface area contributed by atoms with Gasteiger partial charge in [0.25, 0.3) is 0 Å². The summed E-state index contributed by atoms with van der Waals surface area (Å²) in [5.74, 6) is 1.75. The normalized spacial score (nSPS) is 35.1. The summed E-state index contributed by atoms with van der Waals surface area (Å²) < 4.78 is 25.5. The molecule has 0 radical (unpaired) electrons. The van der Waals surface area contributed by atoms with E-state index in [4.69, 9.17) is 15.2 Å². The quantitative estimate of drug-likeness (QED) is 0.677. The monoisotopic (exact) mass is 444 g/mol. The van der Waals surface area contributed by atoms with E-state index in [9.17, 15) is 9.18 Å². The number of hydrogen-bond donors (Lipinski definition) is 1. The number of alkyl halides is 1. The van der Waals surface area contributed by atoms with Gasteiger partial charge in [-0.15, -0.1) is 0 Å². The van der Waals surface area contributed by atoms with E-state index in [1.807, 2.05) is 0 Å². The Labute approximate surface area is 190 Å². The third kappa shape index (κ3) is 4.16. The van der Waals surface area contributed by atoms with Crippen molar-refractivity contribution >= 4 is 5.91 Å². The van der Waals surface area contributed by atoms with E-state index in [-0.39, 0.29) is 23.3 Å². The van der Waals surface area contributed by atoms with Crippen LogP contribution in [0.2, 0.25) is 0 Å². The molecule has 3 fully saturated rings. The standard InChI is InChI=1S/C26H37FN2O3/c1-26-10-7-21-20-6-4-19(31-14-2-11-29-12-8-18(27)9-13-29)15-17(20)3-5-22(21)24(26)23(16-32-26)25(28)30/h4,6,15,18,21-24H,2-3,5,7-14,16H2,1H3,(H2,28,30)/t21-,22-,23?,24-,26+/m1/s1. The number of hydrogen-bond acceptors (Lipinski definition) is 4. The van der Waals surface area contributed by atoms with Crippen LogP contribution >= 0.6 is 0 Å². The van der Waals surface area contributed by atoms with E-state index >= 15 is 0 Å². The lowest BCUT2D eigenvalue weighted by molar-refractivity contribution is -0.124.